The Bertz CT molecular complexity index is 861. The number of piperidine rings is 1. The van der Waals surface area contributed by atoms with Gasteiger partial charge in [-0.2, -0.15) is 5.10 Å². The van der Waals surface area contributed by atoms with Crippen molar-refractivity contribution in [2.24, 2.45) is 5.73 Å². The fourth-order valence-electron chi connectivity index (χ4n) is 4.34. The Kier molecular flexibility index (Phi) is 8.13. The standard InChI is InChI=1S/C21H29N5O2.CH2O2/c1-15-4-6-18(7-5-15)26-21(23-20(24-26)13-19(22)27)16-3-2-10-25(14-16)17-8-11-28-12-9-17;2-1-3/h4-7,16-17H,2-3,8-14H2,1H3,(H2,22,27);1H,(H,2,3). The number of hydrogen-bond acceptors (Lipinski definition) is 6. The molecule has 2 aliphatic heterocycles. The average Bonchev–Trinajstić information content (AvgIpc) is 3.18. The number of carbonyl (C=O) groups is 2. The van der Waals surface area contributed by atoms with Gasteiger partial charge in [0.05, 0.1) is 12.1 Å². The van der Waals surface area contributed by atoms with Crippen molar-refractivity contribution in [1.29, 1.82) is 0 Å². The molecule has 2 aliphatic rings. The number of nitrogens with two attached hydrogens (primary N) is 1. The molecule has 168 valence electrons. The number of rotatable bonds is 5. The molecule has 1 unspecified atom stereocenters. The molecule has 0 radical (unpaired) electrons. The summed E-state index contributed by atoms with van der Waals surface area (Å²) in [6, 6.07) is 8.85. The summed E-state index contributed by atoms with van der Waals surface area (Å²) in [4.78, 5) is 27.1. The molecule has 0 aliphatic carbocycles. The summed E-state index contributed by atoms with van der Waals surface area (Å²) >= 11 is 0. The van der Waals surface area contributed by atoms with Crippen LogP contribution in [0.15, 0.2) is 24.3 Å². The topological polar surface area (TPSA) is 124 Å². The fraction of sp³-hybridized carbons (Fsp3) is 0.545. The lowest BCUT2D eigenvalue weighted by Gasteiger charge is -2.39. The number of likely N-dealkylation sites (tertiary alicyclic amines) is 1. The highest BCUT2D eigenvalue weighted by molar-refractivity contribution is 5.75. The van der Waals surface area contributed by atoms with Crippen LogP contribution >= 0.6 is 0 Å². The Morgan fingerprint density at radius 2 is 1.94 bits per heavy atom. The molecular formula is C22H31N5O4. The van der Waals surface area contributed by atoms with Crippen molar-refractivity contribution >= 4 is 12.4 Å². The zero-order valence-electron chi connectivity index (χ0n) is 17.9. The normalized spacial score (nSPS) is 20.0. The minimum atomic E-state index is -0.403. The van der Waals surface area contributed by atoms with Crippen LogP contribution in [0.2, 0.25) is 0 Å². The Morgan fingerprint density at radius 3 is 2.58 bits per heavy atom. The number of carbonyl (C=O) groups excluding carboxylic acids is 1. The number of hydrogen-bond donors (Lipinski definition) is 2. The summed E-state index contributed by atoms with van der Waals surface area (Å²) < 4.78 is 7.44. The van der Waals surface area contributed by atoms with Crippen molar-refractivity contribution in [3.8, 4) is 5.69 Å². The number of amides is 1. The lowest BCUT2D eigenvalue weighted by molar-refractivity contribution is -0.123. The van der Waals surface area contributed by atoms with Crippen LogP contribution in [0.1, 0.15) is 48.8 Å². The molecule has 31 heavy (non-hydrogen) atoms. The Morgan fingerprint density at radius 1 is 1.26 bits per heavy atom. The minimum absolute atomic E-state index is 0.0717. The van der Waals surface area contributed by atoms with E-state index in [2.05, 4.69) is 41.2 Å². The van der Waals surface area contributed by atoms with Gasteiger partial charge in [-0.1, -0.05) is 17.7 Å². The molecule has 2 saturated heterocycles. The van der Waals surface area contributed by atoms with Crippen molar-refractivity contribution in [3.05, 3.63) is 41.5 Å². The molecular weight excluding hydrogens is 398 g/mol. The van der Waals surface area contributed by atoms with E-state index in [1.165, 1.54) is 5.56 Å². The zero-order valence-corrected chi connectivity index (χ0v) is 17.9. The second-order valence-electron chi connectivity index (χ2n) is 8.06. The lowest BCUT2D eigenvalue weighted by Crippen LogP contribution is -2.45. The number of carboxylic acid groups (broad SMARTS) is 1. The summed E-state index contributed by atoms with van der Waals surface area (Å²) in [5.41, 5.74) is 7.57. The van der Waals surface area contributed by atoms with Gasteiger partial charge in [-0.25, -0.2) is 9.67 Å². The van der Waals surface area contributed by atoms with E-state index in [1.807, 2.05) is 4.68 Å². The number of benzene rings is 1. The van der Waals surface area contributed by atoms with E-state index in [4.69, 9.17) is 25.4 Å². The first-order chi connectivity index (χ1) is 15.0. The molecule has 2 aromatic rings. The molecule has 4 rings (SSSR count). The van der Waals surface area contributed by atoms with Gasteiger partial charge < -0.3 is 15.6 Å². The van der Waals surface area contributed by atoms with E-state index in [1.54, 1.807) is 0 Å². The SMILES string of the molecule is Cc1ccc(-n2nc(CC(N)=O)nc2C2CCCN(C3CCOCC3)C2)cc1.O=CO. The first-order valence-corrected chi connectivity index (χ1v) is 10.7. The monoisotopic (exact) mass is 429 g/mol. The van der Waals surface area contributed by atoms with Crippen molar-refractivity contribution in [2.75, 3.05) is 26.3 Å². The van der Waals surface area contributed by atoms with E-state index >= 15 is 0 Å². The second kappa shape index (κ2) is 11.0. The first kappa shape index (κ1) is 22.9. The van der Waals surface area contributed by atoms with Gasteiger partial charge in [0.1, 0.15) is 5.82 Å². The fourth-order valence-corrected chi connectivity index (χ4v) is 4.34. The minimum Gasteiger partial charge on any atom is -0.483 e. The van der Waals surface area contributed by atoms with Gasteiger partial charge in [-0.3, -0.25) is 14.5 Å². The van der Waals surface area contributed by atoms with Crippen LogP contribution < -0.4 is 5.73 Å². The molecule has 9 nitrogen and oxygen atoms in total. The molecule has 9 heteroatoms. The number of nitrogens with zero attached hydrogens (tertiary/aromatic N) is 4. The third-order valence-electron chi connectivity index (χ3n) is 5.81. The van der Waals surface area contributed by atoms with E-state index < -0.39 is 5.91 Å². The highest BCUT2D eigenvalue weighted by Gasteiger charge is 2.31. The Hall–Kier alpha value is -2.78. The number of ether oxygens (including phenoxy) is 1. The highest BCUT2D eigenvalue weighted by atomic mass is 16.5. The molecule has 0 bridgehead atoms. The molecule has 0 saturated carbocycles. The van der Waals surface area contributed by atoms with E-state index in [9.17, 15) is 4.79 Å². The predicted molar refractivity (Wildman–Crippen MR) is 115 cm³/mol. The van der Waals surface area contributed by atoms with Gasteiger partial charge in [0.15, 0.2) is 5.82 Å². The quantitative estimate of drug-likeness (QED) is 0.693. The van der Waals surface area contributed by atoms with E-state index in [0.29, 0.717) is 17.8 Å². The third-order valence-corrected chi connectivity index (χ3v) is 5.81. The van der Waals surface area contributed by atoms with Crippen LogP contribution in [0, 0.1) is 6.92 Å². The van der Waals surface area contributed by atoms with Crippen LogP contribution in [0.3, 0.4) is 0 Å². The summed E-state index contributed by atoms with van der Waals surface area (Å²) in [5.74, 6) is 1.34. The summed E-state index contributed by atoms with van der Waals surface area (Å²) in [6.45, 7) is 5.64. The molecule has 1 aromatic carbocycles. The highest BCUT2D eigenvalue weighted by Crippen LogP contribution is 2.30. The lowest BCUT2D eigenvalue weighted by atomic mass is 9.94. The smallest absolute Gasteiger partial charge is 0.290 e. The maximum absolute atomic E-state index is 11.4. The summed E-state index contributed by atoms with van der Waals surface area (Å²) in [7, 11) is 0. The summed E-state index contributed by atoms with van der Waals surface area (Å²) in [6.07, 6.45) is 4.51. The Balaban J connectivity index is 0.000000858. The van der Waals surface area contributed by atoms with Crippen molar-refractivity contribution in [1.82, 2.24) is 19.7 Å². The molecule has 1 aromatic heterocycles. The third kappa shape index (κ3) is 6.11. The number of aromatic nitrogens is 3. The number of primary amides is 1. The Labute approximate surface area is 182 Å². The van der Waals surface area contributed by atoms with Crippen LogP contribution in [0.25, 0.3) is 5.69 Å². The maximum Gasteiger partial charge on any atom is 0.290 e. The van der Waals surface area contributed by atoms with Crippen LogP contribution in [0.5, 0.6) is 0 Å². The molecule has 1 amide bonds. The molecule has 2 fully saturated rings. The van der Waals surface area contributed by atoms with Crippen LogP contribution in [-0.4, -0.2) is 69.5 Å². The van der Waals surface area contributed by atoms with Crippen LogP contribution in [-0.2, 0) is 20.7 Å². The van der Waals surface area contributed by atoms with Gasteiger partial charge >= 0.3 is 0 Å². The van der Waals surface area contributed by atoms with Crippen molar-refractivity contribution < 1.29 is 19.4 Å². The molecule has 3 heterocycles. The van der Waals surface area contributed by atoms with E-state index in [0.717, 1.165) is 63.5 Å². The molecule has 3 N–H and O–H groups in total. The van der Waals surface area contributed by atoms with Gasteiger partial charge in [-0.05, 0) is 51.3 Å². The number of aryl methyl sites for hydroxylation is 1. The van der Waals surface area contributed by atoms with Crippen molar-refractivity contribution in [2.45, 2.75) is 51.0 Å². The average molecular weight is 430 g/mol. The van der Waals surface area contributed by atoms with Crippen LogP contribution in [0.4, 0.5) is 0 Å². The zero-order chi connectivity index (χ0) is 22.2. The molecule has 1 atom stereocenters. The van der Waals surface area contributed by atoms with Gasteiger partial charge in [0.25, 0.3) is 6.47 Å². The maximum atomic E-state index is 11.4. The van der Waals surface area contributed by atoms with Gasteiger partial charge in [0, 0.05) is 31.7 Å². The van der Waals surface area contributed by atoms with E-state index in [-0.39, 0.29) is 12.9 Å². The van der Waals surface area contributed by atoms with Gasteiger partial charge in [0.2, 0.25) is 5.91 Å². The largest absolute Gasteiger partial charge is 0.483 e. The van der Waals surface area contributed by atoms with Gasteiger partial charge in [-0.15, -0.1) is 0 Å². The molecule has 0 spiro atoms. The second-order valence-corrected chi connectivity index (χ2v) is 8.06. The van der Waals surface area contributed by atoms with Crippen molar-refractivity contribution in [3.63, 3.8) is 0 Å². The predicted octanol–water partition coefficient (Wildman–Crippen LogP) is 1.66. The summed E-state index contributed by atoms with van der Waals surface area (Å²) in [5, 5.41) is 11.5. The first-order valence-electron chi connectivity index (χ1n) is 10.7.